The highest BCUT2D eigenvalue weighted by Gasteiger charge is 2.25. The lowest BCUT2D eigenvalue weighted by atomic mass is 9.96. The molecule has 0 bridgehead atoms. The molecule has 0 unspecified atom stereocenters. The summed E-state index contributed by atoms with van der Waals surface area (Å²) in [5.41, 5.74) is 3.43. The highest BCUT2D eigenvalue weighted by Crippen LogP contribution is 2.26. The van der Waals surface area contributed by atoms with Gasteiger partial charge in [0.25, 0.3) is 0 Å². The summed E-state index contributed by atoms with van der Waals surface area (Å²) in [7, 11) is 0. The third-order valence-corrected chi connectivity index (χ3v) is 4.03. The first-order chi connectivity index (χ1) is 11.3. The lowest BCUT2D eigenvalue weighted by Gasteiger charge is -2.24. The van der Waals surface area contributed by atoms with Crippen molar-refractivity contribution in [3.8, 4) is 5.75 Å². The summed E-state index contributed by atoms with van der Waals surface area (Å²) < 4.78 is 10.3. The van der Waals surface area contributed by atoms with Gasteiger partial charge < -0.3 is 10.1 Å². The molecule has 1 N–H and O–H groups in total. The van der Waals surface area contributed by atoms with Gasteiger partial charge in [-0.3, -0.25) is 4.79 Å². The maximum atomic E-state index is 12.4. The normalized spacial score (nSPS) is 16.6. The van der Waals surface area contributed by atoms with Crippen LogP contribution in [0.5, 0.6) is 5.75 Å². The summed E-state index contributed by atoms with van der Waals surface area (Å²) in [6.45, 7) is 0.856. The van der Waals surface area contributed by atoms with Crippen LogP contribution in [-0.4, -0.2) is 22.8 Å². The molecule has 1 aliphatic rings. The molecule has 1 atom stereocenters. The smallest absolute Gasteiger partial charge is 0.227 e. The second-order valence-electron chi connectivity index (χ2n) is 5.62. The molecule has 116 valence electrons. The van der Waals surface area contributed by atoms with E-state index in [0.717, 1.165) is 16.9 Å². The number of carbonyl (C=O) groups excluding carboxylic acids is 1. The van der Waals surface area contributed by atoms with Gasteiger partial charge in [-0.1, -0.05) is 24.3 Å². The molecule has 2 heterocycles. The standard InChI is InChI=1S/C17H15N3O3/c21-17(13-8-12-3-1-2-4-16(12)22-10-13)18-9-11-5-6-14-15(7-11)20-23-19-14/h1-7,13H,8-10H2,(H,18,21)/t13-/m1/s1. The molecule has 0 spiro atoms. The van der Waals surface area contributed by atoms with E-state index >= 15 is 0 Å². The molecule has 23 heavy (non-hydrogen) atoms. The number of amides is 1. The molecular formula is C17H15N3O3. The molecule has 6 heteroatoms. The molecule has 1 aliphatic heterocycles. The lowest BCUT2D eigenvalue weighted by Crippen LogP contribution is -2.37. The molecule has 6 nitrogen and oxygen atoms in total. The molecule has 0 fully saturated rings. The number of ether oxygens (including phenoxy) is 1. The Hall–Kier alpha value is -2.89. The lowest BCUT2D eigenvalue weighted by molar-refractivity contribution is -0.126. The van der Waals surface area contributed by atoms with Crippen LogP contribution in [-0.2, 0) is 17.8 Å². The fraction of sp³-hybridized carbons (Fsp3) is 0.235. The van der Waals surface area contributed by atoms with E-state index in [0.29, 0.717) is 30.6 Å². The van der Waals surface area contributed by atoms with Crippen molar-refractivity contribution < 1.29 is 14.2 Å². The minimum Gasteiger partial charge on any atom is -0.492 e. The average Bonchev–Trinajstić information content (AvgIpc) is 3.07. The third-order valence-electron chi connectivity index (χ3n) is 4.03. The molecule has 3 aromatic rings. The van der Waals surface area contributed by atoms with Crippen molar-refractivity contribution in [3.05, 3.63) is 53.6 Å². The quantitative estimate of drug-likeness (QED) is 0.801. The van der Waals surface area contributed by atoms with Crippen LogP contribution in [0.4, 0.5) is 0 Å². The van der Waals surface area contributed by atoms with Gasteiger partial charge in [0, 0.05) is 6.54 Å². The van der Waals surface area contributed by atoms with Gasteiger partial charge in [0.15, 0.2) is 0 Å². The van der Waals surface area contributed by atoms with E-state index in [9.17, 15) is 4.79 Å². The van der Waals surface area contributed by atoms with Crippen LogP contribution in [0, 0.1) is 5.92 Å². The van der Waals surface area contributed by atoms with Crippen molar-refractivity contribution in [3.63, 3.8) is 0 Å². The minimum absolute atomic E-state index is 0.00196. The van der Waals surface area contributed by atoms with Crippen LogP contribution in [0.2, 0.25) is 0 Å². The Balaban J connectivity index is 1.40. The third kappa shape index (κ3) is 2.75. The highest BCUT2D eigenvalue weighted by atomic mass is 16.6. The van der Waals surface area contributed by atoms with Gasteiger partial charge in [0.2, 0.25) is 5.91 Å². The topological polar surface area (TPSA) is 77.3 Å². The largest absolute Gasteiger partial charge is 0.492 e. The van der Waals surface area contributed by atoms with Crippen LogP contribution < -0.4 is 10.1 Å². The summed E-state index contributed by atoms with van der Waals surface area (Å²) >= 11 is 0. The predicted molar refractivity (Wildman–Crippen MR) is 82.8 cm³/mol. The second-order valence-corrected chi connectivity index (χ2v) is 5.62. The van der Waals surface area contributed by atoms with Crippen molar-refractivity contribution in [1.82, 2.24) is 15.6 Å². The molecule has 4 rings (SSSR count). The van der Waals surface area contributed by atoms with Gasteiger partial charge in [0.1, 0.15) is 23.4 Å². The fourth-order valence-electron chi connectivity index (χ4n) is 2.77. The van der Waals surface area contributed by atoms with Crippen LogP contribution in [0.1, 0.15) is 11.1 Å². The summed E-state index contributed by atoms with van der Waals surface area (Å²) in [4.78, 5) is 12.4. The van der Waals surface area contributed by atoms with E-state index in [1.165, 1.54) is 0 Å². The average molecular weight is 309 g/mol. The van der Waals surface area contributed by atoms with Gasteiger partial charge >= 0.3 is 0 Å². The summed E-state index contributed by atoms with van der Waals surface area (Å²) in [5, 5.41) is 10.5. The Morgan fingerprint density at radius 3 is 3.00 bits per heavy atom. The monoisotopic (exact) mass is 309 g/mol. The Morgan fingerprint density at radius 2 is 2.04 bits per heavy atom. The van der Waals surface area contributed by atoms with E-state index < -0.39 is 0 Å². The zero-order chi connectivity index (χ0) is 15.6. The van der Waals surface area contributed by atoms with Gasteiger partial charge in [0.05, 0.1) is 5.92 Å². The van der Waals surface area contributed by atoms with Crippen LogP contribution in [0.25, 0.3) is 11.0 Å². The second kappa shape index (κ2) is 5.72. The van der Waals surface area contributed by atoms with Crippen molar-refractivity contribution in [2.45, 2.75) is 13.0 Å². The summed E-state index contributed by atoms with van der Waals surface area (Å²) in [6, 6.07) is 13.4. The zero-order valence-corrected chi connectivity index (χ0v) is 12.4. The Bertz CT molecular complexity index is 859. The number of carbonyl (C=O) groups is 1. The summed E-state index contributed by atoms with van der Waals surface area (Å²) in [6.07, 6.45) is 0.703. The maximum absolute atomic E-state index is 12.4. The van der Waals surface area contributed by atoms with E-state index in [2.05, 4.69) is 20.3 Å². The zero-order valence-electron chi connectivity index (χ0n) is 12.4. The maximum Gasteiger partial charge on any atom is 0.227 e. The first-order valence-corrected chi connectivity index (χ1v) is 7.49. The molecule has 1 amide bonds. The number of nitrogens with one attached hydrogen (secondary N) is 1. The highest BCUT2D eigenvalue weighted by molar-refractivity contribution is 5.80. The summed E-state index contributed by atoms with van der Waals surface area (Å²) in [5.74, 6) is 0.709. The van der Waals surface area contributed by atoms with Crippen LogP contribution in [0.15, 0.2) is 47.1 Å². The Labute approximate surface area is 132 Å². The van der Waals surface area contributed by atoms with Gasteiger partial charge in [-0.15, -0.1) is 0 Å². The number of aromatic nitrogens is 2. The molecule has 0 aliphatic carbocycles. The number of hydrogen-bond donors (Lipinski definition) is 1. The number of para-hydroxylation sites is 1. The predicted octanol–water partition coefficient (Wildman–Crippen LogP) is 2.09. The van der Waals surface area contributed by atoms with Gasteiger partial charge in [-0.2, -0.15) is 0 Å². The van der Waals surface area contributed by atoms with Crippen LogP contribution in [0.3, 0.4) is 0 Å². The minimum atomic E-state index is -0.164. The van der Waals surface area contributed by atoms with Crippen molar-refractivity contribution in [2.24, 2.45) is 5.92 Å². The molecule has 2 aromatic carbocycles. The van der Waals surface area contributed by atoms with Crippen molar-refractivity contribution in [2.75, 3.05) is 6.61 Å². The van der Waals surface area contributed by atoms with Gasteiger partial charge in [-0.25, -0.2) is 4.63 Å². The molecular weight excluding hydrogens is 294 g/mol. The van der Waals surface area contributed by atoms with Crippen LogP contribution >= 0.6 is 0 Å². The van der Waals surface area contributed by atoms with Crippen molar-refractivity contribution >= 4 is 16.9 Å². The number of fused-ring (bicyclic) bond motifs is 2. The fourth-order valence-corrected chi connectivity index (χ4v) is 2.77. The van der Waals surface area contributed by atoms with E-state index in [4.69, 9.17) is 4.74 Å². The molecule has 0 saturated heterocycles. The van der Waals surface area contributed by atoms with E-state index in [1.807, 2.05) is 42.5 Å². The number of nitrogens with zero attached hydrogens (tertiary/aromatic N) is 2. The van der Waals surface area contributed by atoms with E-state index in [1.54, 1.807) is 0 Å². The number of hydrogen-bond acceptors (Lipinski definition) is 5. The Morgan fingerprint density at radius 1 is 1.17 bits per heavy atom. The van der Waals surface area contributed by atoms with E-state index in [-0.39, 0.29) is 11.8 Å². The first-order valence-electron chi connectivity index (χ1n) is 7.49. The first kappa shape index (κ1) is 13.8. The molecule has 0 radical (unpaired) electrons. The number of benzene rings is 2. The molecule has 1 aromatic heterocycles. The molecule has 0 saturated carbocycles. The SMILES string of the molecule is O=C(NCc1ccc2nonc2c1)[C@H]1COc2ccccc2C1. The Kier molecular flexibility index (Phi) is 3.42. The number of rotatable bonds is 3. The van der Waals surface area contributed by atoms with Gasteiger partial charge in [-0.05, 0) is 46.1 Å². The van der Waals surface area contributed by atoms with Crippen molar-refractivity contribution in [1.29, 1.82) is 0 Å².